The Bertz CT molecular complexity index is 905. The number of carboxylic acids is 2. The van der Waals surface area contributed by atoms with Gasteiger partial charge in [0.25, 0.3) is 0 Å². The first-order chi connectivity index (χ1) is 11.6. The minimum absolute atomic E-state index is 0.262. The molecule has 1 heterocycles. The highest BCUT2D eigenvalue weighted by Gasteiger charge is 2.25. The highest BCUT2D eigenvalue weighted by Crippen LogP contribution is 2.35. The number of aromatic nitrogens is 1. The van der Waals surface area contributed by atoms with Gasteiger partial charge in [-0.2, -0.15) is 0 Å². The number of pyridine rings is 1. The van der Waals surface area contributed by atoms with Crippen LogP contribution in [0, 0.1) is 0 Å². The summed E-state index contributed by atoms with van der Waals surface area (Å²) in [5.41, 5.74) is 1.46. The van der Waals surface area contributed by atoms with Gasteiger partial charge in [-0.05, 0) is 5.56 Å². The molecule has 2 aromatic carbocycles. The first-order valence-corrected chi connectivity index (χ1v) is 7.20. The molecule has 0 saturated heterocycles. The predicted octanol–water partition coefficient (Wildman–Crippen LogP) is 3.81. The molecule has 0 amide bonds. The number of hydrogen-bond donors (Lipinski definition) is 2. The van der Waals surface area contributed by atoms with E-state index in [1.165, 1.54) is 0 Å². The summed E-state index contributed by atoms with van der Waals surface area (Å²) < 4.78 is 0. The van der Waals surface area contributed by atoms with Crippen molar-refractivity contribution in [2.45, 2.75) is 0 Å². The number of carbonyl (C=O) groups is 2. The Morgan fingerprint density at radius 2 is 1.29 bits per heavy atom. The number of benzene rings is 2. The lowest BCUT2D eigenvalue weighted by atomic mass is 9.92. The van der Waals surface area contributed by atoms with Crippen LogP contribution < -0.4 is 0 Å². The average Bonchev–Trinajstić information content (AvgIpc) is 2.61. The van der Waals surface area contributed by atoms with Gasteiger partial charge in [-0.15, -0.1) is 0 Å². The monoisotopic (exact) mass is 319 g/mol. The molecule has 118 valence electrons. The maximum atomic E-state index is 11.8. The van der Waals surface area contributed by atoms with Gasteiger partial charge in [0, 0.05) is 17.3 Å². The largest absolute Gasteiger partial charge is 0.478 e. The molecule has 24 heavy (non-hydrogen) atoms. The SMILES string of the molecule is O=C(O)c1cnc(-c2ccccc2)c(-c2ccccc2)c1C(=O)O. The second kappa shape index (κ2) is 6.34. The smallest absolute Gasteiger partial charge is 0.338 e. The summed E-state index contributed by atoms with van der Waals surface area (Å²) in [7, 11) is 0. The van der Waals surface area contributed by atoms with Crippen molar-refractivity contribution in [3.8, 4) is 22.4 Å². The Kier molecular flexibility index (Phi) is 4.07. The molecule has 0 aliphatic rings. The van der Waals surface area contributed by atoms with Crippen molar-refractivity contribution in [2.75, 3.05) is 0 Å². The molecule has 0 atom stereocenters. The molecule has 2 N–H and O–H groups in total. The summed E-state index contributed by atoms with van der Waals surface area (Å²) in [5.74, 6) is -2.62. The Balaban J connectivity index is 2.42. The van der Waals surface area contributed by atoms with Crippen LogP contribution in [0.4, 0.5) is 0 Å². The quantitative estimate of drug-likeness (QED) is 0.763. The molecule has 5 nitrogen and oxygen atoms in total. The summed E-state index contributed by atoms with van der Waals surface area (Å²) in [6.07, 6.45) is 1.10. The van der Waals surface area contributed by atoms with Crippen LogP contribution in [0.1, 0.15) is 20.7 Å². The Hall–Kier alpha value is -3.47. The molecule has 3 aromatic rings. The fraction of sp³-hybridized carbons (Fsp3) is 0. The van der Waals surface area contributed by atoms with Crippen LogP contribution in [0.2, 0.25) is 0 Å². The van der Waals surface area contributed by atoms with Crippen molar-refractivity contribution in [1.29, 1.82) is 0 Å². The van der Waals surface area contributed by atoms with E-state index >= 15 is 0 Å². The van der Waals surface area contributed by atoms with Crippen LogP contribution >= 0.6 is 0 Å². The molecule has 0 fully saturated rings. The fourth-order valence-electron chi connectivity index (χ4n) is 2.60. The molecule has 0 unspecified atom stereocenters. The van der Waals surface area contributed by atoms with Gasteiger partial charge in [-0.1, -0.05) is 60.7 Å². The van der Waals surface area contributed by atoms with Gasteiger partial charge in [0.15, 0.2) is 0 Å². The third kappa shape index (κ3) is 2.75. The van der Waals surface area contributed by atoms with Crippen LogP contribution in [0.5, 0.6) is 0 Å². The van der Waals surface area contributed by atoms with Crippen LogP contribution in [0.25, 0.3) is 22.4 Å². The molecule has 5 heteroatoms. The normalized spacial score (nSPS) is 10.3. The Morgan fingerprint density at radius 3 is 1.79 bits per heavy atom. The van der Waals surface area contributed by atoms with E-state index < -0.39 is 11.9 Å². The third-order valence-corrected chi connectivity index (χ3v) is 3.63. The van der Waals surface area contributed by atoms with Crippen molar-refractivity contribution in [3.05, 3.63) is 78.0 Å². The number of hydrogen-bond acceptors (Lipinski definition) is 3. The van der Waals surface area contributed by atoms with E-state index in [-0.39, 0.29) is 11.1 Å². The van der Waals surface area contributed by atoms with Gasteiger partial charge in [0.05, 0.1) is 16.8 Å². The van der Waals surface area contributed by atoms with E-state index in [1.54, 1.807) is 42.5 Å². The third-order valence-electron chi connectivity index (χ3n) is 3.63. The molecule has 3 rings (SSSR count). The summed E-state index contributed by atoms with van der Waals surface area (Å²) in [6, 6.07) is 17.9. The van der Waals surface area contributed by atoms with E-state index in [9.17, 15) is 19.8 Å². The lowest BCUT2D eigenvalue weighted by Gasteiger charge is -2.14. The molecular weight excluding hydrogens is 306 g/mol. The molecule has 1 aromatic heterocycles. The molecule has 0 aliphatic carbocycles. The van der Waals surface area contributed by atoms with Crippen molar-refractivity contribution >= 4 is 11.9 Å². The second-order valence-corrected chi connectivity index (χ2v) is 5.11. The van der Waals surface area contributed by atoms with E-state index in [2.05, 4.69) is 4.98 Å². The van der Waals surface area contributed by atoms with E-state index in [1.807, 2.05) is 18.2 Å². The van der Waals surface area contributed by atoms with E-state index in [0.717, 1.165) is 11.8 Å². The van der Waals surface area contributed by atoms with Crippen LogP contribution in [-0.4, -0.2) is 27.1 Å². The van der Waals surface area contributed by atoms with Crippen molar-refractivity contribution in [3.63, 3.8) is 0 Å². The van der Waals surface area contributed by atoms with Gasteiger partial charge in [-0.3, -0.25) is 4.98 Å². The molecular formula is C19H13NO4. The highest BCUT2D eigenvalue weighted by molar-refractivity contribution is 6.08. The number of nitrogens with zero attached hydrogens (tertiary/aromatic N) is 1. The number of aromatic carboxylic acids is 2. The van der Waals surface area contributed by atoms with Crippen LogP contribution in [-0.2, 0) is 0 Å². The van der Waals surface area contributed by atoms with Crippen molar-refractivity contribution in [2.24, 2.45) is 0 Å². The zero-order valence-electron chi connectivity index (χ0n) is 12.5. The maximum Gasteiger partial charge on any atom is 0.338 e. The lowest BCUT2D eigenvalue weighted by molar-refractivity contribution is 0.0651. The zero-order valence-corrected chi connectivity index (χ0v) is 12.5. The molecule has 0 spiro atoms. The van der Waals surface area contributed by atoms with Gasteiger partial charge >= 0.3 is 11.9 Å². The molecule has 0 aliphatic heterocycles. The summed E-state index contributed by atoms with van der Waals surface area (Å²) >= 11 is 0. The highest BCUT2D eigenvalue weighted by atomic mass is 16.4. The first-order valence-electron chi connectivity index (χ1n) is 7.20. The summed E-state index contributed by atoms with van der Waals surface area (Å²) in [6.45, 7) is 0. The van der Waals surface area contributed by atoms with Gasteiger partial charge in [0.2, 0.25) is 0 Å². The minimum Gasteiger partial charge on any atom is -0.478 e. The zero-order chi connectivity index (χ0) is 17.1. The Labute approximate surface area is 137 Å². The summed E-state index contributed by atoms with van der Waals surface area (Å²) in [4.78, 5) is 27.5. The number of carboxylic acid groups (broad SMARTS) is 2. The Morgan fingerprint density at radius 1 is 0.750 bits per heavy atom. The molecule has 0 saturated carbocycles. The fourth-order valence-corrected chi connectivity index (χ4v) is 2.60. The van der Waals surface area contributed by atoms with E-state index in [0.29, 0.717) is 16.8 Å². The van der Waals surface area contributed by atoms with Crippen LogP contribution in [0.3, 0.4) is 0 Å². The second-order valence-electron chi connectivity index (χ2n) is 5.11. The minimum atomic E-state index is -1.32. The average molecular weight is 319 g/mol. The summed E-state index contributed by atoms with van der Waals surface area (Å²) in [5, 5.41) is 19.0. The molecule has 0 radical (unpaired) electrons. The standard InChI is InChI=1S/C19H13NO4/c21-18(22)14-11-20-17(13-9-5-2-6-10-13)15(16(14)19(23)24)12-7-3-1-4-8-12/h1-11H,(H,21,22)(H,23,24). The molecule has 0 bridgehead atoms. The first kappa shape index (κ1) is 15.4. The maximum absolute atomic E-state index is 11.8. The van der Waals surface area contributed by atoms with Gasteiger partial charge < -0.3 is 10.2 Å². The van der Waals surface area contributed by atoms with Gasteiger partial charge in [0.1, 0.15) is 0 Å². The van der Waals surface area contributed by atoms with Crippen molar-refractivity contribution in [1.82, 2.24) is 4.98 Å². The van der Waals surface area contributed by atoms with Crippen molar-refractivity contribution < 1.29 is 19.8 Å². The lowest BCUT2D eigenvalue weighted by Crippen LogP contribution is -2.12. The predicted molar refractivity (Wildman–Crippen MR) is 89.0 cm³/mol. The van der Waals surface area contributed by atoms with Gasteiger partial charge in [-0.25, -0.2) is 9.59 Å². The van der Waals surface area contributed by atoms with Crippen LogP contribution in [0.15, 0.2) is 66.9 Å². The topological polar surface area (TPSA) is 87.5 Å². The number of rotatable bonds is 4. The van der Waals surface area contributed by atoms with E-state index in [4.69, 9.17) is 0 Å².